The van der Waals surface area contributed by atoms with Crippen molar-refractivity contribution >= 4 is 12.6 Å². The number of carbonyl (C=O) groups excluding carboxylic acids is 2. The van der Waals surface area contributed by atoms with E-state index in [1.165, 1.54) is 0 Å². The van der Waals surface area contributed by atoms with E-state index < -0.39 is 35.4 Å². The number of halogens is 1. The smallest absolute Gasteiger partial charge is 0.330 e. The molecule has 0 spiro atoms. The van der Waals surface area contributed by atoms with Crippen LogP contribution in [0.1, 0.15) is 12.6 Å². The van der Waals surface area contributed by atoms with Gasteiger partial charge in [0, 0.05) is 18.7 Å². The molecule has 8 nitrogen and oxygen atoms in total. The molecule has 0 bridgehead atoms. The number of rotatable bonds is 4. The van der Waals surface area contributed by atoms with Crippen molar-refractivity contribution in [2.75, 3.05) is 0 Å². The van der Waals surface area contributed by atoms with Gasteiger partial charge in [0.2, 0.25) is 0 Å². The van der Waals surface area contributed by atoms with E-state index in [9.17, 15) is 28.7 Å². The van der Waals surface area contributed by atoms with E-state index in [1.807, 2.05) is 4.98 Å². The van der Waals surface area contributed by atoms with Crippen molar-refractivity contribution in [3.63, 3.8) is 0 Å². The molecule has 0 radical (unpaired) electrons. The minimum Gasteiger partial charge on any atom is -0.358 e. The zero-order valence-corrected chi connectivity index (χ0v) is 10.1. The molecule has 1 aromatic heterocycles. The van der Waals surface area contributed by atoms with Crippen LogP contribution >= 0.6 is 0 Å². The second-order valence-corrected chi connectivity index (χ2v) is 4.34. The number of H-pyrrole nitrogens is 1. The molecule has 1 aromatic rings. The average Bonchev–Trinajstić information content (AvgIpc) is 2.61. The quantitative estimate of drug-likeness (QED) is 0.650. The number of carbonyl (C=O) groups is 2. The van der Waals surface area contributed by atoms with Gasteiger partial charge in [0.25, 0.3) is 11.4 Å². The summed E-state index contributed by atoms with van der Waals surface area (Å²) in [7, 11) is 0. The van der Waals surface area contributed by atoms with E-state index in [4.69, 9.17) is 4.74 Å². The molecule has 0 aromatic carbocycles. The summed E-state index contributed by atoms with van der Waals surface area (Å²) < 4.78 is 20.0. The van der Waals surface area contributed by atoms with Crippen molar-refractivity contribution in [3.05, 3.63) is 33.1 Å². The summed E-state index contributed by atoms with van der Waals surface area (Å²) in [6, 6.07) is 0.934. The predicted octanol–water partition coefficient (Wildman–Crippen LogP) is -1.50. The minimum atomic E-state index is -3.17. The van der Waals surface area contributed by atoms with Gasteiger partial charge in [-0.2, -0.15) is 0 Å². The fraction of sp³-hybridized carbons (Fsp3) is 0.455. The third-order valence-electron chi connectivity index (χ3n) is 3.10. The SMILES string of the molecule is O=CC[C@H]1O[C@@H](n2ccc(=O)[nH]c2=O)C(O)(F)[C@@H]1C=O. The number of nitrogens with zero attached hydrogens (tertiary/aromatic N) is 1. The van der Waals surface area contributed by atoms with Gasteiger partial charge in [0.05, 0.1) is 6.10 Å². The summed E-state index contributed by atoms with van der Waals surface area (Å²) in [5, 5.41) is 9.77. The fourth-order valence-corrected chi connectivity index (χ4v) is 2.12. The van der Waals surface area contributed by atoms with Crippen LogP contribution in [0.4, 0.5) is 4.39 Å². The Morgan fingerprint density at radius 2 is 2.20 bits per heavy atom. The highest BCUT2D eigenvalue weighted by Gasteiger charge is 2.57. The molecule has 0 aliphatic carbocycles. The minimum absolute atomic E-state index is 0.130. The van der Waals surface area contributed by atoms with Crippen LogP contribution in [-0.2, 0) is 14.3 Å². The maximum Gasteiger partial charge on any atom is 0.330 e. The Bertz CT molecular complexity index is 636. The highest BCUT2D eigenvalue weighted by atomic mass is 19.2. The Labute approximate surface area is 110 Å². The zero-order chi connectivity index (χ0) is 14.9. The molecule has 1 fully saturated rings. The summed E-state index contributed by atoms with van der Waals surface area (Å²) in [4.78, 5) is 45.7. The molecule has 108 valence electrons. The summed E-state index contributed by atoms with van der Waals surface area (Å²) in [6.45, 7) is 0. The molecular weight excluding hydrogens is 275 g/mol. The van der Waals surface area contributed by atoms with Gasteiger partial charge in [-0.25, -0.2) is 9.18 Å². The van der Waals surface area contributed by atoms with Crippen LogP contribution in [0.25, 0.3) is 0 Å². The first-order chi connectivity index (χ1) is 9.41. The molecule has 2 rings (SSSR count). The maximum atomic E-state index is 14.3. The van der Waals surface area contributed by atoms with Crippen LogP contribution in [0.15, 0.2) is 21.9 Å². The van der Waals surface area contributed by atoms with Crippen molar-refractivity contribution in [2.24, 2.45) is 5.92 Å². The van der Waals surface area contributed by atoms with E-state index in [2.05, 4.69) is 0 Å². The second kappa shape index (κ2) is 5.10. The summed E-state index contributed by atoms with van der Waals surface area (Å²) in [5.74, 6) is -4.78. The first-order valence-corrected chi connectivity index (χ1v) is 5.69. The Kier molecular flexibility index (Phi) is 3.64. The number of aromatic nitrogens is 2. The van der Waals surface area contributed by atoms with Crippen molar-refractivity contribution < 1.29 is 23.8 Å². The van der Waals surface area contributed by atoms with Crippen molar-refractivity contribution in [2.45, 2.75) is 24.6 Å². The summed E-state index contributed by atoms with van der Waals surface area (Å²) in [6.07, 6.45) is -1.86. The third-order valence-corrected chi connectivity index (χ3v) is 3.10. The molecule has 20 heavy (non-hydrogen) atoms. The second-order valence-electron chi connectivity index (χ2n) is 4.34. The van der Waals surface area contributed by atoms with Crippen LogP contribution < -0.4 is 11.2 Å². The highest BCUT2D eigenvalue weighted by molar-refractivity contribution is 5.60. The van der Waals surface area contributed by atoms with E-state index in [0.29, 0.717) is 10.9 Å². The van der Waals surface area contributed by atoms with Crippen LogP contribution in [0.5, 0.6) is 0 Å². The molecule has 1 unspecified atom stereocenters. The monoisotopic (exact) mass is 286 g/mol. The molecule has 0 amide bonds. The normalized spacial score (nSPS) is 33.0. The fourth-order valence-electron chi connectivity index (χ4n) is 2.12. The van der Waals surface area contributed by atoms with Crippen LogP contribution in [0.3, 0.4) is 0 Å². The van der Waals surface area contributed by atoms with Crippen LogP contribution in [0, 0.1) is 5.92 Å². The topological polar surface area (TPSA) is 118 Å². The zero-order valence-electron chi connectivity index (χ0n) is 10.1. The van der Waals surface area contributed by atoms with Gasteiger partial charge in [-0.1, -0.05) is 0 Å². The van der Waals surface area contributed by atoms with E-state index in [1.54, 1.807) is 0 Å². The molecule has 2 heterocycles. The molecule has 1 aliphatic rings. The van der Waals surface area contributed by atoms with Crippen LogP contribution in [0.2, 0.25) is 0 Å². The largest absolute Gasteiger partial charge is 0.358 e. The maximum absolute atomic E-state index is 14.3. The lowest BCUT2D eigenvalue weighted by molar-refractivity contribution is -0.181. The lowest BCUT2D eigenvalue weighted by Crippen LogP contribution is -2.43. The Morgan fingerprint density at radius 1 is 1.50 bits per heavy atom. The number of alkyl halides is 1. The summed E-state index contributed by atoms with van der Waals surface area (Å²) >= 11 is 0. The molecule has 1 aliphatic heterocycles. The first kappa shape index (κ1) is 14.3. The average molecular weight is 286 g/mol. The lowest BCUT2D eigenvalue weighted by atomic mass is 9.96. The van der Waals surface area contributed by atoms with Gasteiger partial charge in [0.1, 0.15) is 18.5 Å². The highest BCUT2D eigenvalue weighted by Crippen LogP contribution is 2.43. The number of aldehydes is 2. The Morgan fingerprint density at radius 3 is 2.75 bits per heavy atom. The Hall–Kier alpha value is -2.13. The number of nitrogens with one attached hydrogen (secondary N) is 1. The lowest BCUT2D eigenvalue weighted by Gasteiger charge is -2.23. The van der Waals surface area contributed by atoms with Crippen molar-refractivity contribution in [1.29, 1.82) is 0 Å². The molecular formula is C11H11FN2O6. The number of aliphatic hydroxyl groups is 1. The Balaban J connectivity index is 2.46. The van der Waals surface area contributed by atoms with Gasteiger partial charge >= 0.3 is 5.69 Å². The number of hydrogen-bond acceptors (Lipinski definition) is 6. The standard InChI is InChI=1S/C11H11FN2O6/c12-11(19)6(5-16)7(2-4-15)20-9(11)14-3-1-8(17)13-10(14)18/h1,3-7,9,19H,2H2,(H,13,17,18)/t6-,7-,9-,11?/m1/s1. The summed E-state index contributed by atoms with van der Waals surface area (Å²) in [5.41, 5.74) is -1.71. The van der Waals surface area contributed by atoms with Crippen LogP contribution in [-0.4, -0.2) is 39.2 Å². The first-order valence-electron chi connectivity index (χ1n) is 5.69. The van der Waals surface area contributed by atoms with E-state index in [0.717, 1.165) is 12.3 Å². The molecule has 0 saturated carbocycles. The molecule has 4 atom stereocenters. The third kappa shape index (κ3) is 2.21. The van der Waals surface area contributed by atoms with Crippen molar-refractivity contribution in [1.82, 2.24) is 9.55 Å². The van der Waals surface area contributed by atoms with Crippen molar-refractivity contribution in [3.8, 4) is 0 Å². The molecule has 2 N–H and O–H groups in total. The van der Waals surface area contributed by atoms with Gasteiger partial charge < -0.3 is 19.4 Å². The van der Waals surface area contributed by atoms with Gasteiger partial charge in [-0.3, -0.25) is 14.3 Å². The van der Waals surface area contributed by atoms with E-state index in [-0.39, 0.29) is 12.7 Å². The van der Waals surface area contributed by atoms with Gasteiger partial charge in [0.15, 0.2) is 6.23 Å². The van der Waals surface area contributed by atoms with Gasteiger partial charge in [-0.15, -0.1) is 0 Å². The number of hydrogen-bond donors (Lipinski definition) is 2. The molecule has 1 saturated heterocycles. The number of ether oxygens (including phenoxy) is 1. The number of aromatic amines is 1. The van der Waals surface area contributed by atoms with E-state index >= 15 is 0 Å². The van der Waals surface area contributed by atoms with Gasteiger partial charge in [-0.05, 0) is 0 Å². The predicted molar refractivity (Wildman–Crippen MR) is 61.5 cm³/mol. The molecule has 9 heteroatoms.